The number of ether oxygens (including phenoxy) is 1. The number of halogens is 1. The monoisotopic (exact) mass is 286 g/mol. The first-order chi connectivity index (χ1) is 9.02. The number of hydrogen-bond donors (Lipinski definition) is 1. The number of nitro groups is 1. The lowest BCUT2D eigenvalue weighted by Crippen LogP contribution is -2.35. The van der Waals surface area contributed by atoms with Crippen LogP contribution in [0.2, 0.25) is 5.02 Å². The summed E-state index contributed by atoms with van der Waals surface area (Å²) in [6.45, 7) is 1.34. The van der Waals surface area contributed by atoms with Crippen LogP contribution in [0.15, 0.2) is 12.1 Å². The molecule has 0 aliphatic carbocycles. The van der Waals surface area contributed by atoms with E-state index in [0.717, 1.165) is 0 Å². The van der Waals surface area contributed by atoms with Gasteiger partial charge in [0.15, 0.2) is 5.75 Å². The Bertz CT molecular complexity index is 487. The van der Waals surface area contributed by atoms with E-state index in [2.05, 4.69) is 0 Å². The largest absolute Gasteiger partial charge is 0.490 e. The highest BCUT2D eigenvalue weighted by molar-refractivity contribution is 6.33. The number of piperidine rings is 1. The lowest BCUT2D eigenvalue weighted by Gasteiger charge is -2.32. The van der Waals surface area contributed by atoms with Gasteiger partial charge in [-0.2, -0.15) is 0 Å². The van der Waals surface area contributed by atoms with Crippen LogP contribution in [-0.4, -0.2) is 36.3 Å². The van der Waals surface area contributed by atoms with Crippen LogP contribution in [0.5, 0.6) is 5.75 Å². The lowest BCUT2D eigenvalue weighted by atomic mass is 10.1. The summed E-state index contributed by atoms with van der Waals surface area (Å²) in [5, 5.41) is 20.7. The van der Waals surface area contributed by atoms with Crippen molar-refractivity contribution < 1.29 is 14.8 Å². The topological polar surface area (TPSA) is 75.8 Å². The molecule has 7 heteroatoms. The normalized spacial score (nSPS) is 16.5. The zero-order valence-electron chi connectivity index (χ0n) is 10.5. The van der Waals surface area contributed by atoms with Gasteiger partial charge in [0.1, 0.15) is 0 Å². The van der Waals surface area contributed by atoms with E-state index in [1.165, 1.54) is 13.2 Å². The van der Waals surface area contributed by atoms with Gasteiger partial charge in [-0.1, -0.05) is 11.6 Å². The summed E-state index contributed by atoms with van der Waals surface area (Å²) in [6.07, 6.45) is 1.04. The zero-order valence-corrected chi connectivity index (χ0v) is 11.3. The summed E-state index contributed by atoms with van der Waals surface area (Å²) in [7, 11) is 1.39. The van der Waals surface area contributed by atoms with E-state index < -0.39 is 4.92 Å². The van der Waals surface area contributed by atoms with Crippen molar-refractivity contribution in [1.82, 2.24) is 0 Å². The van der Waals surface area contributed by atoms with Crippen molar-refractivity contribution in [2.45, 2.75) is 18.9 Å². The van der Waals surface area contributed by atoms with Crippen molar-refractivity contribution in [1.29, 1.82) is 0 Å². The number of nitrogens with zero attached hydrogens (tertiary/aromatic N) is 2. The van der Waals surface area contributed by atoms with Gasteiger partial charge in [-0.25, -0.2) is 0 Å². The second kappa shape index (κ2) is 5.63. The molecule has 6 nitrogen and oxygen atoms in total. The maximum Gasteiger partial charge on any atom is 0.312 e. The second-order valence-corrected chi connectivity index (χ2v) is 4.86. The van der Waals surface area contributed by atoms with Gasteiger partial charge >= 0.3 is 5.69 Å². The minimum Gasteiger partial charge on any atom is -0.490 e. The molecule has 1 heterocycles. The van der Waals surface area contributed by atoms with Crippen LogP contribution < -0.4 is 9.64 Å². The van der Waals surface area contributed by atoms with E-state index in [-0.39, 0.29) is 17.5 Å². The highest BCUT2D eigenvalue weighted by Gasteiger charge is 2.23. The van der Waals surface area contributed by atoms with Gasteiger partial charge in [0.2, 0.25) is 0 Å². The van der Waals surface area contributed by atoms with Crippen LogP contribution in [0.25, 0.3) is 0 Å². The molecule has 0 unspecified atom stereocenters. The number of benzene rings is 1. The first-order valence-electron chi connectivity index (χ1n) is 5.98. The smallest absolute Gasteiger partial charge is 0.312 e. The third-order valence-corrected chi connectivity index (χ3v) is 3.55. The summed E-state index contributed by atoms with van der Waals surface area (Å²) < 4.78 is 5.04. The number of anilines is 1. The molecular formula is C12H15ClN2O4. The molecule has 0 aromatic heterocycles. The number of methoxy groups -OCH3 is 1. The van der Waals surface area contributed by atoms with Crippen molar-refractivity contribution in [3.8, 4) is 5.75 Å². The van der Waals surface area contributed by atoms with Gasteiger partial charge in [-0.3, -0.25) is 10.1 Å². The Morgan fingerprint density at radius 1 is 1.47 bits per heavy atom. The summed E-state index contributed by atoms with van der Waals surface area (Å²) in [5.74, 6) is 0.190. The molecule has 0 radical (unpaired) electrons. The molecule has 0 saturated carbocycles. The molecule has 1 aromatic carbocycles. The second-order valence-electron chi connectivity index (χ2n) is 4.45. The SMILES string of the molecule is COc1cc(N2CCC(O)CC2)c(Cl)cc1[N+](=O)[O-]. The van der Waals surface area contributed by atoms with Gasteiger partial charge < -0.3 is 14.7 Å². The third-order valence-electron chi connectivity index (χ3n) is 3.25. The predicted octanol–water partition coefficient (Wildman–Crippen LogP) is 2.22. The maximum absolute atomic E-state index is 10.9. The minimum atomic E-state index is -0.519. The van der Waals surface area contributed by atoms with Gasteiger partial charge in [0, 0.05) is 25.2 Å². The van der Waals surface area contributed by atoms with Gasteiger partial charge in [-0.15, -0.1) is 0 Å². The third kappa shape index (κ3) is 2.90. The molecule has 0 amide bonds. The molecule has 0 spiro atoms. The van der Waals surface area contributed by atoms with Gasteiger partial charge in [-0.05, 0) is 12.8 Å². The van der Waals surface area contributed by atoms with Crippen molar-refractivity contribution in [3.63, 3.8) is 0 Å². The number of hydrogen-bond acceptors (Lipinski definition) is 5. The summed E-state index contributed by atoms with van der Waals surface area (Å²) in [4.78, 5) is 12.4. The lowest BCUT2D eigenvalue weighted by molar-refractivity contribution is -0.385. The van der Waals surface area contributed by atoms with Crippen LogP contribution in [0.1, 0.15) is 12.8 Å². The molecule has 0 bridgehead atoms. The van der Waals surface area contributed by atoms with Gasteiger partial charge in [0.25, 0.3) is 0 Å². The van der Waals surface area contributed by atoms with E-state index >= 15 is 0 Å². The Balaban J connectivity index is 2.33. The molecule has 1 N–H and O–H groups in total. The van der Waals surface area contributed by atoms with E-state index in [4.69, 9.17) is 16.3 Å². The number of aliphatic hydroxyl groups excluding tert-OH is 1. The molecule has 19 heavy (non-hydrogen) atoms. The molecular weight excluding hydrogens is 272 g/mol. The number of nitro benzene ring substituents is 1. The first-order valence-corrected chi connectivity index (χ1v) is 6.35. The molecule has 1 aliphatic rings. The van der Waals surface area contributed by atoms with Crippen LogP contribution in [0.3, 0.4) is 0 Å². The van der Waals surface area contributed by atoms with Crippen LogP contribution >= 0.6 is 11.6 Å². The maximum atomic E-state index is 10.9. The standard InChI is InChI=1S/C12H15ClN2O4/c1-19-12-7-10(9(13)6-11(12)15(17)18)14-4-2-8(16)3-5-14/h6-8,16H,2-5H2,1H3. The Morgan fingerprint density at radius 3 is 2.63 bits per heavy atom. The number of rotatable bonds is 3. The van der Waals surface area contributed by atoms with E-state index in [1.54, 1.807) is 6.07 Å². The highest BCUT2D eigenvalue weighted by Crippen LogP contribution is 2.38. The van der Waals surface area contributed by atoms with Crippen molar-refractivity contribution >= 4 is 23.0 Å². The van der Waals surface area contributed by atoms with Crippen molar-refractivity contribution in [2.24, 2.45) is 0 Å². The average molecular weight is 287 g/mol. The van der Waals surface area contributed by atoms with Crippen molar-refractivity contribution in [2.75, 3.05) is 25.1 Å². The molecule has 1 fully saturated rings. The minimum absolute atomic E-state index is 0.145. The fourth-order valence-corrected chi connectivity index (χ4v) is 2.46. The fourth-order valence-electron chi connectivity index (χ4n) is 2.19. The van der Waals surface area contributed by atoms with Crippen LogP contribution in [-0.2, 0) is 0 Å². The Kier molecular flexibility index (Phi) is 4.11. The number of aliphatic hydroxyl groups is 1. The molecule has 1 aliphatic heterocycles. The zero-order chi connectivity index (χ0) is 14.0. The summed E-state index contributed by atoms with van der Waals surface area (Å²) in [6, 6.07) is 2.89. The van der Waals surface area contributed by atoms with E-state index in [9.17, 15) is 15.2 Å². The van der Waals surface area contributed by atoms with Crippen molar-refractivity contribution in [3.05, 3.63) is 27.3 Å². The Hall–Kier alpha value is -1.53. The van der Waals surface area contributed by atoms with E-state index in [0.29, 0.717) is 36.6 Å². The Morgan fingerprint density at radius 2 is 2.11 bits per heavy atom. The highest BCUT2D eigenvalue weighted by atomic mass is 35.5. The molecule has 1 saturated heterocycles. The molecule has 0 atom stereocenters. The average Bonchev–Trinajstić information content (AvgIpc) is 2.39. The first kappa shape index (κ1) is 13.9. The van der Waals surface area contributed by atoms with Gasteiger partial charge in [0.05, 0.1) is 28.8 Å². The molecule has 2 rings (SSSR count). The molecule has 1 aromatic rings. The predicted molar refractivity (Wildman–Crippen MR) is 72.1 cm³/mol. The van der Waals surface area contributed by atoms with Crippen LogP contribution in [0, 0.1) is 10.1 Å². The Labute approximate surface area is 115 Å². The summed E-state index contributed by atoms with van der Waals surface area (Å²) >= 11 is 6.11. The fraction of sp³-hybridized carbons (Fsp3) is 0.500. The van der Waals surface area contributed by atoms with Crippen LogP contribution in [0.4, 0.5) is 11.4 Å². The summed E-state index contributed by atoms with van der Waals surface area (Å²) in [5.41, 5.74) is 0.560. The van der Waals surface area contributed by atoms with E-state index in [1.807, 2.05) is 4.90 Å². The molecule has 104 valence electrons. The quantitative estimate of drug-likeness (QED) is 0.681.